The highest BCUT2D eigenvalue weighted by Crippen LogP contribution is 2.47. The monoisotopic (exact) mass is 775 g/mol. The van der Waals surface area contributed by atoms with Crippen LogP contribution < -0.4 is 24.6 Å². The number of phenols is 1. The Kier molecular flexibility index (Phi) is 10.3. The quantitative estimate of drug-likeness (QED) is 0.198. The number of carbonyl (C=O) groups is 2. The van der Waals surface area contributed by atoms with Gasteiger partial charge in [0.1, 0.15) is 29.3 Å². The first-order chi connectivity index (χ1) is 27.7. The number of hydrogen-bond acceptors (Lipinski definition) is 10. The number of benzene rings is 4. The zero-order valence-electron chi connectivity index (χ0n) is 32.3. The molecule has 298 valence electrons. The number of piperazine rings is 1. The van der Waals surface area contributed by atoms with E-state index in [2.05, 4.69) is 56.4 Å². The molecule has 2 amide bonds. The summed E-state index contributed by atoms with van der Waals surface area (Å²) < 4.78 is 27.1. The molecule has 4 aromatic carbocycles. The van der Waals surface area contributed by atoms with E-state index in [1.165, 1.54) is 22.9 Å². The first kappa shape index (κ1) is 37.4. The van der Waals surface area contributed by atoms with Crippen LogP contribution >= 0.6 is 0 Å². The van der Waals surface area contributed by atoms with Crippen molar-refractivity contribution in [3.05, 3.63) is 112 Å². The maximum absolute atomic E-state index is 15.5. The maximum Gasteiger partial charge on any atom is 0.244 e. The van der Waals surface area contributed by atoms with E-state index in [0.717, 1.165) is 81.3 Å². The third kappa shape index (κ3) is 7.42. The number of aliphatic hydroxyl groups excluding tert-OH is 1. The summed E-state index contributed by atoms with van der Waals surface area (Å²) in [5.74, 6) is 1.47. The number of rotatable bonds is 8. The molecule has 57 heavy (non-hydrogen) atoms. The third-order valence-electron chi connectivity index (χ3n) is 12.9. The van der Waals surface area contributed by atoms with Crippen molar-refractivity contribution < 1.29 is 33.7 Å². The molecule has 4 aromatic rings. The van der Waals surface area contributed by atoms with Gasteiger partial charge in [0.05, 0.1) is 25.4 Å². The lowest BCUT2D eigenvalue weighted by atomic mass is 9.76. The fourth-order valence-corrected chi connectivity index (χ4v) is 9.73. The molecule has 11 nitrogen and oxygen atoms in total. The van der Waals surface area contributed by atoms with Crippen LogP contribution in [0.5, 0.6) is 17.2 Å². The number of aliphatic hydroxyl groups is 1. The summed E-state index contributed by atoms with van der Waals surface area (Å²) in [4.78, 5) is 32.9. The van der Waals surface area contributed by atoms with E-state index >= 15 is 4.39 Å². The molecular weight excluding hydrogens is 726 g/mol. The van der Waals surface area contributed by atoms with Crippen molar-refractivity contribution in [1.82, 2.24) is 15.1 Å². The van der Waals surface area contributed by atoms with Gasteiger partial charge in [0, 0.05) is 93.5 Å². The summed E-state index contributed by atoms with van der Waals surface area (Å²) in [5.41, 5.74) is 6.56. The number of nitrogens with zero attached hydrogens (tertiary/aromatic N) is 4. The minimum Gasteiger partial charge on any atom is -0.508 e. The Bertz CT molecular complexity index is 2120. The second-order valence-electron chi connectivity index (χ2n) is 16.2. The topological polar surface area (TPSA) is 118 Å². The van der Waals surface area contributed by atoms with Crippen LogP contribution in [0.1, 0.15) is 71.6 Å². The average Bonchev–Trinajstić information content (AvgIpc) is 3.54. The van der Waals surface area contributed by atoms with Gasteiger partial charge < -0.3 is 29.5 Å². The molecule has 3 fully saturated rings. The van der Waals surface area contributed by atoms with Crippen molar-refractivity contribution in [1.29, 1.82) is 0 Å². The minimum atomic E-state index is -1.08. The maximum atomic E-state index is 15.5. The van der Waals surface area contributed by atoms with Crippen molar-refractivity contribution in [2.75, 3.05) is 69.3 Å². The van der Waals surface area contributed by atoms with Crippen LogP contribution in [0.3, 0.4) is 0 Å². The summed E-state index contributed by atoms with van der Waals surface area (Å²) >= 11 is 0. The molecular formula is C45H50FN5O6. The summed E-state index contributed by atoms with van der Waals surface area (Å²) in [6, 6.07) is 25.3. The molecule has 0 spiro atoms. The first-order valence-corrected chi connectivity index (χ1v) is 20.2. The number of nitrogens with one attached hydrogen (secondary N) is 1. The Hall–Kier alpha value is -5.17. The Balaban J connectivity index is 0.793. The molecule has 9 rings (SSSR count). The van der Waals surface area contributed by atoms with Gasteiger partial charge in [0.2, 0.25) is 11.8 Å². The van der Waals surface area contributed by atoms with E-state index in [-0.39, 0.29) is 35.7 Å². The number of halogens is 1. The number of anilines is 2. The molecule has 0 aromatic heterocycles. The highest BCUT2D eigenvalue weighted by atomic mass is 19.1. The third-order valence-corrected chi connectivity index (χ3v) is 12.9. The Morgan fingerprint density at radius 2 is 1.58 bits per heavy atom. The van der Waals surface area contributed by atoms with Crippen molar-refractivity contribution in [3.8, 4) is 17.2 Å². The fraction of sp³-hybridized carbons (Fsp3) is 0.422. The molecule has 3 N–H and O–H groups in total. The van der Waals surface area contributed by atoms with Gasteiger partial charge in [0.15, 0.2) is 0 Å². The van der Waals surface area contributed by atoms with Crippen LogP contribution in [0, 0.1) is 11.7 Å². The van der Waals surface area contributed by atoms with Gasteiger partial charge in [-0.3, -0.25) is 24.7 Å². The first-order valence-electron chi connectivity index (χ1n) is 20.2. The number of ether oxygens (including phenoxy) is 2. The highest BCUT2D eigenvalue weighted by molar-refractivity contribution is 6.00. The van der Waals surface area contributed by atoms with E-state index in [4.69, 9.17) is 9.47 Å². The second kappa shape index (κ2) is 15.6. The van der Waals surface area contributed by atoms with E-state index in [9.17, 15) is 19.8 Å². The number of piperidine rings is 2. The van der Waals surface area contributed by atoms with Gasteiger partial charge in [0.25, 0.3) is 0 Å². The van der Waals surface area contributed by atoms with Gasteiger partial charge in [-0.15, -0.1) is 0 Å². The zero-order valence-corrected chi connectivity index (χ0v) is 32.3. The molecule has 0 aliphatic carbocycles. The second-order valence-corrected chi connectivity index (χ2v) is 16.2. The predicted molar refractivity (Wildman–Crippen MR) is 214 cm³/mol. The van der Waals surface area contributed by atoms with Crippen molar-refractivity contribution in [2.45, 2.75) is 56.3 Å². The lowest BCUT2D eigenvalue weighted by Crippen LogP contribution is -2.51. The van der Waals surface area contributed by atoms with Crippen LogP contribution in [0.15, 0.2) is 78.9 Å². The van der Waals surface area contributed by atoms with E-state index in [0.29, 0.717) is 36.7 Å². The number of aromatic hydroxyl groups is 1. The van der Waals surface area contributed by atoms with E-state index in [1.54, 1.807) is 24.1 Å². The summed E-state index contributed by atoms with van der Waals surface area (Å²) in [5, 5.41) is 23.5. The van der Waals surface area contributed by atoms with Crippen molar-refractivity contribution in [2.24, 2.45) is 5.92 Å². The summed E-state index contributed by atoms with van der Waals surface area (Å²) in [6.07, 6.45) is 1.71. The SMILES string of the molecule is COc1ccc([C@H]2COc3cc(O)ccc3[C@H]2c2ccc(N3CCC(CN4CCN(c5cc6c(cc5F)C(O)N([C@H]5CCC(=O)NC5=O)C6)CC4)CC3)cc2)cc1. The van der Waals surface area contributed by atoms with Crippen LogP contribution in [0.2, 0.25) is 0 Å². The highest BCUT2D eigenvalue weighted by Gasteiger charge is 2.41. The average molecular weight is 776 g/mol. The molecule has 5 heterocycles. The number of phenolic OH excluding ortho intramolecular Hbond substituents is 1. The van der Waals surface area contributed by atoms with E-state index < -0.39 is 18.2 Å². The number of hydrogen-bond donors (Lipinski definition) is 3. The van der Waals surface area contributed by atoms with Gasteiger partial charge in [-0.05, 0) is 84.3 Å². The molecule has 5 aliphatic rings. The van der Waals surface area contributed by atoms with Gasteiger partial charge in [-0.1, -0.05) is 30.3 Å². The van der Waals surface area contributed by atoms with Crippen LogP contribution in [0.4, 0.5) is 15.8 Å². The number of amides is 2. The lowest BCUT2D eigenvalue weighted by Gasteiger charge is -2.40. The Morgan fingerprint density at radius 1 is 0.842 bits per heavy atom. The van der Waals surface area contributed by atoms with E-state index in [1.807, 2.05) is 24.3 Å². The fourth-order valence-electron chi connectivity index (χ4n) is 9.73. The molecule has 0 bridgehead atoms. The molecule has 0 saturated carbocycles. The minimum absolute atomic E-state index is 0.0745. The smallest absolute Gasteiger partial charge is 0.244 e. The summed E-state index contributed by atoms with van der Waals surface area (Å²) in [7, 11) is 1.68. The molecule has 0 radical (unpaired) electrons. The largest absolute Gasteiger partial charge is 0.508 e. The van der Waals surface area contributed by atoms with Gasteiger partial charge in [-0.25, -0.2) is 4.39 Å². The van der Waals surface area contributed by atoms with Crippen LogP contribution in [-0.2, 0) is 16.1 Å². The normalized spacial score (nSPS) is 24.5. The van der Waals surface area contributed by atoms with Crippen molar-refractivity contribution in [3.63, 3.8) is 0 Å². The number of carbonyl (C=O) groups excluding carboxylic acids is 2. The molecule has 12 heteroatoms. The lowest BCUT2D eigenvalue weighted by molar-refractivity contribution is -0.141. The number of imide groups is 1. The standard InChI is InChI=1S/C45H50FN5O6/c1-56-34-9-4-29(5-10-34)37-27-57-41-23-33(52)8-11-35(41)43(37)30-2-6-32(7-3-30)49-16-14-28(15-17-49)25-48-18-20-50(21-19-48)40-22-31-26-51(45(55)36(31)24-38(40)46)39-12-13-42(53)47-44(39)54/h2-11,22-24,28,37,39,43,45,52,55H,12-21,25-27H2,1H3,(H,47,53,54)/t37-,39+,43-,45?/m1/s1. The predicted octanol–water partition coefficient (Wildman–Crippen LogP) is 5.50. The molecule has 1 unspecified atom stereocenters. The van der Waals surface area contributed by atoms with Gasteiger partial charge >= 0.3 is 0 Å². The number of methoxy groups -OCH3 is 1. The molecule has 5 aliphatic heterocycles. The van der Waals surface area contributed by atoms with Crippen molar-refractivity contribution >= 4 is 23.2 Å². The molecule has 3 saturated heterocycles. The van der Waals surface area contributed by atoms with Crippen LogP contribution in [-0.4, -0.2) is 97.4 Å². The van der Waals surface area contributed by atoms with Crippen LogP contribution in [0.25, 0.3) is 0 Å². The Labute approximate surface area is 332 Å². The Morgan fingerprint density at radius 3 is 2.30 bits per heavy atom. The number of fused-ring (bicyclic) bond motifs is 2. The molecule has 4 atom stereocenters. The summed E-state index contributed by atoms with van der Waals surface area (Å²) in [6.45, 7) is 7.04. The zero-order chi connectivity index (χ0) is 39.2. The van der Waals surface area contributed by atoms with Gasteiger partial charge in [-0.2, -0.15) is 0 Å².